The Kier molecular flexibility index (Phi) is 2.46. The van der Waals surface area contributed by atoms with Crippen LogP contribution in [0.3, 0.4) is 0 Å². The van der Waals surface area contributed by atoms with Gasteiger partial charge in [-0.05, 0) is 25.5 Å². The molecule has 1 aliphatic heterocycles. The van der Waals surface area contributed by atoms with E-state index in [0.717, 1.165) is 19.2 Å². The minimum absolute atomic E-state index is 0.125. The molecule has 1 fully saturated rings. The second-order valence-corrected chi connectivity index (χ2v) is 3.60. The van der Waals surface area contributed by atoms with Gasteiger partial charge in [0, 0.05) is 18.3 Å². The molecule has 1 unspecified atom stereocenters. The summed E-state index contributed by atoms with van der Waals surface area (Å²) in [6.07, 6.45) is 3.60. The average molecular weight is 198 g/mol. The van der Waals surface area contributed by atoms with Gasteiger partial charge in [-0.1, -0.05) is 0 Å². The van der Waals surface area contributed by atoms with E-state index in [9.17, 15) is 8.78 Å². The van der Waals surface area contributed by atoms with Gasteiger partial charge in [0.1, 0.15) is 5.82 Å². The fourth-order valence-electron chi connectivity index (χ4n) is 1.84. The highest BCUT2D eigenvalue weighted by Gasteiger charge is 2.35. The van der Waals surface area contributed by atoms with E-state index in [4.69, 9.17) is 0 Å². The molecule has 2 nitrogen and oxygen atoms in total. The lowest BCUT2D eigenvalue weighted by Crippen LogP contribution is -2.40. The number of nitrogens with zero attached hydrogens (tertiary/aromatic N) is 1. The van der Waals surface area contributed by atoms with Gasteiger partial charge in [0.05, 0.1) is 6.20 Å². The van der Waals surface area contributed by atoms with Gasteiger partial charge in [0.15, 0.2) is 5.67 Å². The Morgan fingerprint density at radius 3 is 3.00 bits per heavy atom. The summed E-state index contributed by atoms with van der Waals surface area (Å²) >= 11 is 0. The molecule has 0 radical (unpaired) electrons. The molecule has 1 aromatic heterocycles. The van der Waals surface area contributed by atoms with E-state index >= 15 is 0 Å². The second kappa shape index (κ2) is 3.61. The number of pyridine rings is 1. The Hall–Kier alpha value is -1.03. The highest BCUT2D eigenvalue weighted by Crippen LogP contribution is 2.33. The minimum atomic E-state index is -1.56. The first-order valence-corrected chi connectivity index (χ1v) is 4.72. The molecule has 0 aromatic carbocycles. The lowest BCUT2D eigenvalue weighted by molar-refractivity contribution is 0.117. The predicted molar refractivity (Wildman–Crippen MR) is 49.1 cm³/mol. The predicted octanol–water partition coefficient (Wildman–Crippen LogP) is 1.77. The summed E-state index contributed by atoms with van der Waals surface area (Å²) in [4.78, 5) is 3.61. The number of alkyl halides is 1. The van der Waals surface area contributed by atoms with Crippen molar-refractivity contribution in [3.63, 3.8) is 0 Å². The second-order valence-electron chi connectivity index (χ2n) is 3.60. The largest absolute Gasteiger partial charge is 0.313 e. The molecule has 4 heteroatoms. The van der Waals surface area contributed by atoms with Gasteiger partial charge < -0.3 is 5.32 Å². The van der Waals surface area contributed by atoms with Crippen molar-refractivity contribution in [1.82, 2.24) is 10.3 Å². The van der Waals surface area contributed by atoms with Crippen LogP contribution in [0.1, 0.15) is 18.4 Å². The number of halogens is 2. The first kappa shape index (κ1) is 9.52. The molecule has 1 aromatic rings. The molecule has 76 valence electrons. The standard InChI is InChI=1S/C10H12F2N2/c11-9-6-13-5-2-8(9)10(12)3-1-4-14-7-10/h2,5-6,14H,1,3-4,7H2. The summed E-state index contributed by atoms with van der Waals surface area (Å²) < 4.78 is 27.5. The summed E-state index contributed by atoms with van der Waals surface area (Å²) in [5.74, 6) is -0.557. The third kappa shape index (κ3) is 1.62. The van der Waals surface area contributed by atoms with Gasteiger partial charge in [-0.25, -0.2) is 8.78 Å². The molecular formula is C10H12F2N2. The van der Waals surface area contributed by atoms with Crippen molar-refractivity contribution in [1.29, 1.82) is 0 Å². The number of hydrogen-bond acceptors (Lipinski definition) is 2. The molecule has 0 saturated carbocycles. The van der Waals surface area contributed by atoms with Gasteiger partial charge in [0.25, 0.3) is 0 Å². The molecule has 1 saturated heterocycles. The van der Waals surface area contributed by atoms with Crippen LogP contribution < -0.4 is 5.32 Å². The van der Waals surface area contributed by atoms with Crippen molar-refractivity contribution in [3.8, 4) is 0 Å². The first-order chi connectivity index (χ1) is 6.72. The maximum absolute atomic E-state index is 14.2. The average Bonchev–Trinajstić information content (AvgIpc) is 2.19. The topological polar surface area (TPSA) is 24.9 Å². The molecule has 2 heterocycles. The summed E-state index contributed by atoms with van der Waals surface area (Å²) in [6.45, 7) is 0.992. The van der Waals surface area contributed by atoms with E-state index in [2.05, 4.69) is 10.3 Å². The Morgan fingerprint density at radius 2 is 2.36 bits per heavy atom. The number of rotatable bonds is 1. The lowest BCUT2D eigenvalue weighted by Gasteiger charge is -2.30. The van der Waals surface area contributed by atoms with Gasteiger partial charge in [-0.2, -0.15) is 0 Å². The Morgan fingerprint density at radius 1 is 1.50 bits per heavy atom. The van der Waals surface area contributed by atoms with E-state index in [1.807, 2.05) is 0 Å². The molecule has 2 rings (SSSR count). The van der Waals surface area contributed by atoms with E-state index in [1.54, 1.807) is 0 Å². The van der Waals surface area contributed by atoms with Crippen LogP contribution >= 0.6 is 0 Å². The highest BCUT2D eigenvalue weighted by molar-refractivity contribution is 5.22. The zero-order chi connectivity index (χ0) is 10.0. The smallest absolute Gasteiger partial charge is 0.151 e. The Bertz CT molecular complexity index is 322. The molecule has 1 aliphatic rings. The van der Waals surface area contributed by atoms with Crippen LogP contribution in [-0.4, -0.2) is 18.1 Å². The minimum Gasteiger partial charge on any atom is -0.313 e. The summed E-state index contributed by atoms with van der Waals surface area (Å²) in [6, 6.07) is 1.42. The van der Waals surface area contributed by atoms with Gasteiger partial charge in [-0.15, -0.1) is 0 Å². The zero-order valence-corrected chi connectivity index (χ0v) is 7.76. The quantitative estimate of drug-likeness (QED) is 0.743. The highest BCUT2D eigenvalue weighted by atomic mass is 19.1. The monoisotopic (exact) mass is 198 g/mol. The van der Waals surface area contributed by atoms with Crippen LogP contribution in [0.25, 0.3) is 0 Å². The van der Waals surface area contributed by atoms with Crippen LogP contribution in [-0.2, 0) is 5.67 Å². The van der Waals surface area contributed by atoms with Crippen molar-refractivity contribution in [3.05, 3.63) is 29.8 Å². The van der Waals surface area contributed by atoms with E-state index in [0.29, 0.717) is 6.42 Å². The summed E-state index contributed by atoms with van der Waals surface area (Å²) in [5.41, 5.74) is -1.44. The summed E-state index contributed by atoms with van der Waals surface area (Å²) in [7, 11) is 0. The number of hydrogen-bond donors (Lipinski definition) is 1. The molecule has 1 N–H and O–H groups in total. The van der Waals surface area contributed by atoms with E-state index in [-0.39, 0.29) is 12.1 Å². The maximum Gasteiger partial charge on any atom is 0.151 e. The molecule has 14 heavy (non-hydrogen) atoms. The third-order valence-corrected chi connectivity index (χ3v) is 2.59. The molecular weight excluding hydrogens is 186 g/mol. The van der Waals surface area contributed by atoms with Gasteiger partial charge in [-0.3, -0.25) is 4.98 Å². The number of aromatic nitrogens is 1. The molecule has 0 spiro atoms. The molecule has 0 amide bonds. The van der Waals surface area contributed by atoms with E-state index < -0.39 is 11.5 Å². The Balaban J connectivity index is 2.32. The van der Waals surface area contributed by atoms with E-state index in [1.165, 1.54) is 12.3 Å². The SMILES string of the molecule is Fc1cnccc1C1(F)CCCNC1. The summed E-state index contributed by atoms with van der Waals surface area (Å²) in [5, 5.41) is 2.94. The lowest BCUT2D eigenvalue weighted by atomic mass is 9.89. The van der Waals surface area contributed by atoms with Crippen LogP contribution in [0, 0.1) is 5.82 Å². The van der Waals surface area contributed by atoms with Crippen molar-refractivity contribution in [2.24, 2.45) is 0 Å². The number of piperidine rings is 1. The zero-order valence-electron chi connectivity index (χ0n) is 7.76. The molecule has 0 aliphatic carbocycles. The first-order valence-electron chi connectivity index (χ1n) is 4.72. The van der Waals surface area contributed by atoms with Crippen molar-refractivity contribution in [2.75, 3.05) is 13.1 Å². The van der Waals surface area contributed by atoms with Crippen LogP contribution in [0.4, 0.5) is 8.78 Å². The van der Waals surface area contributed by atoms with Crippen LogP contribution in [0.5, 0.6) is 0 Å². The van der Waals surface area contributed by atoms with Gasteiger partial charge >= 0.3 is 0 Å². The van der Waals surface area contributed by atoms with Crippen LogP contribution in [0.15, 0.2) is 18.5 Å². The fraction of sp³-hybridized carbons (Fsp3) is 0.500. The van der Waals surface area contributed by atoms with Crippen molar-refractivity contribution < 1.29 is 8.78 Å². The van der Waals surface area contributed by atoms with Crippen LogP contribution in [0.2, 0.25) is 0 Å². The van der Waals surface area contributed by atoms with Crippen molar-refractivity contribution >= 4 is 0 Å². The van der Waals surface area contributed by atoms with Gasteiger partial charge in [0.2, 0.25) is 0 Å². The third-order valence-electron chi connectivity index (χ3n) is 2.59. The normalized spacial score (nSPS) is 27.6. The maximum atomic E-state index is 14.2. The fourth-order valence-corrected chi connectivity index (χ4v) is 1.84. The number of nitrogens with one attached hydrogen (secondary N) is 1. The Labute approximate surface area is 81.4 Å². The van der Waals surface area contributed by atoms with Crippen molar-refractivity contribution in [2.45, 2.75) is 18.5 Å². The molecule has 0 bridgehead atoms. The molecule has 1 atom stereocenters.